The molecule has 2 rings (SSSR count). The number of thioether (sulfide) groups is 1. The van der Waals surface area contributed by atoms with Crippen molar-refractivity contribution < 1.29 is 19.8 Å². The van der Waals surface area contributed by atoms with E-state index in [1.54, 1.807) is 18.2 Å². The lowest BCUT2D eigenvalue weighted by molar-refractivity contribution is -0.117. The van der Waals surface area contributed by atoms with Crippen LogP contribution in [0.15, 0.2) is 80.1 Å². The quantitative estimate of drug-likeness (QED) is 0.151. The first-order chi connectivity index (χ1) is 13.4. The minimum Gasteiger partial charge on any atom is -0.510 e. The summed E-state index contributed by atoms with van der Waals surface area (Å²) in [4.78, 5) is 28.3. The zero-order chi connectivity index (χ0) is 20.5. The number of rotatable bonds is 8. The molecule has 2 aromatic carbocycles. The molecule has 28 heavy (non-hydrogen) atoms. The van der Waals surface area contributed by atoms with E-state index in [0.717, 1.165) is 4.90 Å². The van der Waals surface area contributed by atoms with Crippen LogP contribution in [0.3, 0.4) is 0 Å². The zero-order valence-electron chi connectivity index (χ0n) is 15.0. The van der Waals surface area contributed by atoms with Crippen molar-refractivity contribution in [2.75, 3.05) is 5.88 Å². The Hall–Kier alpha value is -3.46. The third-order valence-corrected chi connectivity index (χ3v) is 4.39. The number of benzene rings is 2. The molecule has 2 aromatic rings. The standard InChI is InChI=1S/C19H18N4O4S/c1-12(24)17(23-22-14-8-4-3-7-13(14)19(26)27)18(25)21-11-28-16-10-6-5-9-15(16)20-2/h3-10,24H,2,11H2,1H3,(H,21,25)(H,26,27). The maximum atomic E-state index is 12.3. The molecule has 0 fully saturated rings. The maximum Gasteiger partial charge on any atom is 0.337 e. The SMILES string of the molecule is C=Nc1ccccc1SCNC(=O)C(N=Nc1ccccc1C(=O)O)=C(C)O. The third kappa shape index (κ3) is 5.52. The van der Waals surface area contributed by atoms with Crippen LogP contribution in [0.4, 0.5) is 11.4 Å². The number of hydrogen-bond donors (Lipinski definition) is 3. The van der Waals surface area contributed by atoms with Gasteiger partial charge in [-0.2, -0.15) is 0 Å². The van der Waals surface area contributed by atoms with Crippen molar-refractivity contribution in [1.82, 2.24) is 5.32 Å². The molecule has 0 unspecified atom stereocenters. The number of azo groups is 1. The molecule has 9 heteroatoms. The van der Waals surface area contributed by atoms with Crippen LogP contribution < -0.4 is 5.32 Å². The summed E-state index contributed by atoms with van der Waals surface area (Å²) < 4.78 is 0. The predicted octanol–water partition coefficient (Wildman–Crippen LogP) is 4.46. The van der Waals surface area contributed by atoms with Crippen molar-refractivity contribution in [2.45, 2.75) is 11.8 Å². The van der Waals surface area contributed by atoms with Crippen molar-refractivity contribution in [1.29, 1.82) is 0 Å². The fraction of sp³-hybridized carbons (Fsp3) is 0.105. The van der Waals surface area contributed by atoms with Crippen LogP contribution in [0.2, 0.25) is 0 Å². The average molecular weight is 398 g/mol. The van der Waals surface area contributed by atoms with Gasteiger partial charge in [-0.1, -0.05) is 24.3 Å². The normalized spacial score (nSPS) is 11.8. The molecule has 1 amide bonds. The topological polar surface area (TPSA) is 124 Å². The van der Waals surface area contributed by atoms with E-state index >= 15 is 0 Å². The fourth-order valence-electron chi connectivity index (χ4n) is 2.10. The lowest BCUT2D eigenvalue weighted by Gasteiger charge is -2.07. The first kappa shape index (κ1) is 20.8. The van der Waals surface area contributed by atoms with Gasteiger partial charge in [-0.3, -0.25) is 9.79 Å². The summed E-state index contributed by atoms with van der Waals surface area (Å²) in [7, 11) is 0. The van der Waals surface area contributed by atoms with Crippen LogP contribution in [0.5, 0.6) is 0 Å². The number of aliphatic imine (C=N–C) groups is 1. The molecule has 0 aromatic heterocycles. The Morgan fingerprint density at radius 2 is 1.71 bits per heavy atom. The van der Waals surface area contributed by atoms with E-state index in [-0.39, 0.29) is 28.6 Å². The molecule has 0 heterocycles. The Bertz CT molecular complexity index is 952. The lowest BCUT2D eigenvalue weighted by Crippen LogP contribution is -2.24. The van der Waals surface area contributed by atoms with Gasteiger partial charge >= 0.3 is 5.97 Å². The van der Waals surface area contributed by atoms with Gasteiger partial charge in [0.15, 0.2) is 5.70 Å². The highest BCUT2D eigenvalue weighted by Crippen LogP contribution is 2.28. The number of amides is 1. The lowest BCUT2D eigenvalue weighted by atomic mass is 10.2. The summed E-state index contributed by atoms with van der Waals surface area (Å²) in [6.45, 7) is 4.79. The monoisotopic (exact) mass is 398 g/mol. The Morgan fingerprint density at radius 3 is 2.36 bits per heavy atom. The van der Waals surface area contributed by atoms with Crippen LogP contribution in [-0.2, 0) is 4.79 Å². The predicted molar refractivity (Wildman–Crippen MR) is 108 cm³/mol. The molecule has 0 radical (unpaired) electrons. The number of carboxylic acids is 1. The minimum atomic E-state index is -1.17. The molecule has 3 N–H and O–H groups in total. The molecule has 0 aliphatic heterocycles. The average Bonchev–Trinajstić information content (AvgIpc) is 2.68. The fourth-order valence-corrected chi connectivity index (χ4v) is 2.91. The molecule has 0 spiro atoms. The number of aromatic carboxylic acids is 1. The van der Waals surface area contributed by atoms with Gasteiger partial charge < -0.3 is 15.5 Å². The number of hydrogen-bond acceptors (Lipinski definition) is 7. The van der Waals surface area contributed by atoms with E-state index in [0.29, 0.717) is 5.69 Å². The second-order valence-electron chi connectivity index (χ2n) is 5.38. The Morgan fingerprint density at radius 1 is 1.07 bits per heavy atom. The second kappa shape index (κ2) is 10.0. The molecule has 8 nitrogen and oxygen atoms in total. The highest BCUT2D eigenvalue weighted by Gasteiger charge is 2.14. The van der Waals surface area contributed by atoms with E-state index < -0.39 is 11.9 Å². The molecule has 0 bridgehead atoms. The number of aliphatic hydroxyl groups excluding tert-OH is 1. The van der Waals surface area contributed by atoms with E-state index in [2.05, 4.69) is 27.3 Å². The summed E-state index contributed by atoms with van der Waals surface area (Å²) in [5.41, 5.74) is 0.393. The number of allylic oxidation sites excluding steroid dienone is 1. The van der Waals surface area contributed by atoms with Gasteiger partial charge in [0.2, 0.25) is 0 Å². The number of nitrogens with zero attached hydrogens (tertiary/aromatic N) is 3. The molecular weight excluding hydrogens is 380 g/mol. The second-order valence-corrected chi connectivity index (χ2v) is 6.39. The van der Waals surface area contributed by atoms with E-state index in [9.17, 15) is 14.7 Å². The smallest absolute Gasteiger partial charge is 0.337 e. The Balaban J connectivity index is 2.08. The van der Waals surface area contributed by atoms with E-state index in [1.807, 2.05) is 18.2 Å². The Labute approximate surface area is 165 Å². The first-order valence-corrected chi connectivity index (χ1v) is 9.03. The van der Waals surface area contributed by atoms with Crippen molar-refractivity contribution in [3.63, 3.8) is 0 Å². The highest BCUT2D eigenvalue weighted by molar-refractivity contribution is 7.99. The van der Waals surface area contributed by atoms with Gasteiger partial charge in [0.1, 0.15) is 11.4 Å². The molecule has 0 aliphatic carbocycles. The minimum absolute atomic E-state index is 0.0642. The molecule has 0 saturated carbocycles. The molecule has 0 saturated heterocycles. The number of carboxylic acid groups (broad SMARTS) is 1. The number of nitrogens with one attached hydrogen (secondary N) is 1. The number of aliphatic hydroxyl groups is 1. The molecule has 0 atom stereocenters. The van der Waals surface area contributed by atoms with Gasteiger partial charge in [0.25, 0.3) is 5.91 Å². The summed E-state index contributed by atoms with van der Waals surface area (Å²) in [5.74, 6) is -1.96. The molecular formula is C19H18N4O4S. The van der Waals surface area contributed by atoms with Crippen molar-refractivity contribution in [3.05, 3.63) is 65.6 Å². The summed E-state index contributed by atoms with van der Waals surface area (Å²) in [5, 5.41) is 29.1. The van der Waals surface area contributed by atoms with Crippen LogP contribution in [0, 0.1) is 0 Å². The van der Waals surface area contributed by atoms with E-state index in [4.69, 9.17) is 5.11 Å². The first-order valence-electron chi connectivity index (χ1n) is 8.04. The molecule has 144 valence electrons. The number of carbonyl (C=O) groups is 2. The Kier molecular flexibility index (Phi) is 7.46. The summed E-state index contributed by atoms with van der Waals surface area (Å²) in [6, 6.07) is 13.3. The maximum absolute atomic E-state index is 12.3. The van der Waals surface area contributed by atoms with Crippen LogP contribution >= 0.6 is 11.8 Å². The molecule has 0 aliphatic rings. The van der Waals surface area contributed by atoms with Gasteiger partial charge in [0.05, 0.1) is 17.1 Å². The van der Waals surface area contributed by atoms with Crippen molar-refractivity contribution in [3.8, 4) is 0 Å². The van der Waals surface area contributed by atoms with Crippen LogP contribution in [0.1, 0.15) is 17.3 Å². The van der Waals surface area contributed by atoms with Crippen molar-refractivity contribution >= 4 is 41.7 Å². The van der Waals surface area contributed by atoms with Gasteiger partial charge in [-0.05, 0) is 37.9 Å². The zero-order valence-corrected chi connectivity index (χ0v) is 15.8. The van der Waals surface area contributed by atoms with Crippen LogP contribution in [-0.4, -0.2) is 34.7 Å². The summed E-state index contributed by atoms with van der Waals surface area (Å²) >= 11 is 1.33. The van der Waals surface area contributed by atoms with Gasteiger partial charge in [-0.15, -0.1) is 22.0 Å². The van der Waals surface area contributed by atoms with Gasteiger partial charge in [-0.25, -0.2) is 4.79 Å². The van der Waals surface area contributed by atoms with Crippen molar-refractivity contribution in [2.24, 2.45) is 15.2 Å². The number of para-hydroxylation sites is 1. The highest BCUT2D eigenvalue weighted by atomic mass is 32.2. The number of carbonyl (C=O) groups excluding carboxylic acids is 1. The third-order valence-electron chi connectivity index (χ3n) is 3.45. The van der Waals surface area contributed by atoms with Crippen LogP contribution in [0.25, 0.3) is 0 Å². The largest absolute Gasteiger partial charge is 0.510 e. The van der Waals surface area contributed by atoms with E-state index in [1.165, 1.54) is 30.8 Å². The van der Waals surface area contributed by atoms with Gasteiger partial charge in [0, 0.05) is 4.90 Å². The summed E-state index contributed by atoms with van der Waals surface area (Å²) in [6.07, 6.45) is 0.